The van der Waals surface area contributed by atoms with Gasteiger partial charge in [-0.2, -0.15) is 0 Å². The maximum absolute atomic E-state index is 6.02. The molecule has 2 aromatic rings. The molecule has 0 aromatic heterocycles. The fourth-order valence-corrected chi connectivity index (χ4v) is 2.63. The van der Waals surface area contributed by atoms with Gasteiger partial charge in [-0.05, 0) is 42.4 Å². The number of rotatable bonds is 5. The molecule has 4 heteroatoms. The second kappa shape index (κ2) is 7.09. The van der Waals surface area contributed by atoms with Gasteiger partial charge in [0.25, 0.3) is 0 Å². The van der Waals surface area contributed by atoms with Crippen LogP contribution in [0, 0.1) is 0 Å². The van der Waals surface area contributed by atoms with Crippen molar-refractivity contribution in [1.82, 2.24) is 4.90 Å². The van der Waals surface area contributed by atoms with E-state index in [0.29, 0.717) is 6.54 Å². The van der Waals surface area contributed by atoms with E-state index < -0.39 is 0 Å². The predicted octanol–water partition coefficient (Wildman–Crippen LogP) is 4.13. The predicted molar refractivity (Wildman–Crippen MR) is 86.2 cm³/mol. The molecule has 0 spiro atoms. The standard InChI is InChI=1S/C16H18Cl2N2/c1-20(11-12-3-2-4-15(18)9-12)16(10-19)13-5-7-14(17)8-6-13/h2-9,16H,10-11,19H2,1H3. The summed E-state index contributed by atoms with van der Waals surface area (Å²) < 4.78 is 0. The maximum Gasteiger partial charge on any atom is 0.0470 e. The van der Waals surface area contributed by atoms with E-state index >= 15 is 0 Å². The second-order valence-corrected chi connectivity index (χ2v) is 5.72. The van der Waals surface area contributed by atoms with Crippen LogP contribution < -0.4 is 5.73 Å². The zero-order valence-corrected chi connectivity index (χ0v) is 12.9. The van der Waals surface area contributed by atoms with Crippen molar-refractivity contribution in [2.75, 3.05) is 13.6 Å². The van der Waals surface area contributed by atoms with E-state index in [1.54, 1.807) is 0 Å². The van der Waals surface area contributed by atoms with Crippen LogP contribution in [-0.2, 0) is 6.54 Å². The van der Waals surface area contributed by atoms with Crippen molar-refractivity contribution in [3.8, 4) is 0 Å². The first-order valence-corrected chi connectivity index (χ1v) is 7.26. The number of nitrogens with two attached hydrogens (primary N) is 1. The summed E-state index contributed by atoms with van der Waals surface area (Å²) in [6.07, 6.45) is 0. The molecular weight excluding hydrogens is 291 g/mol. The Kier molecular flexibility index (Phi) is 5.44. The zero-order valence-electron chi connectivity index (χ0n) is 11.4. The molecule has 2 aromatic carbocycles. The summed E-state index contributed by atoms with van der Waals surface area (Å²) in [4.78, 5) is 2.22. The molecule has 0 heterocycles. The van der Waals surface area contributed by atoms with Gasteiger partial charge in [0, 0.05) is 29.2 Å². The minimum Gasteiger partial charge on any atom is -0.329 e. The number of likely N-dealkylation sites (N-methyl/N-ethyl adjacent to an activating group) is 1. The van der Waals surface area contributed by atoms with Gasteiger partial charge >= 0.3 is 0 Å². The Labute approximate surface area is 130 Å². The quantitative estimate of drug-likeness (QED) is 0.900. The van der Waals surface area contributed by atoms with Crippen molar-refractivity contribution in [2.45, 2.75) is 12.6 Å². The lowest BCUT2D eigenvalue weighted by atomic mass is 10.1. The van der Waals surface area contributed by atoms with E-state index in [0.717, 1.165) is 16.6 Å². The molecule has 0 aliphatic heterocycles. The summed E-state index contributed by atoms with van der Waals surface area (Å²) in [5, 5.41) is 1.49. The molecule has 0 bridgehead atoms. The van der Waals surface area contributed by atoms with Gasteiger partial charge in [0.15, 0.2) is 0 Å². The minimum atomic E-state index is 0.159. The summed E-state index contributed by atoms with van der Waals surface area (Å²) in [6.45, 7) is 1.35. The molecule has 1 unspecified atom stereocenters. The molecular formula is C16H18Cl2N2. The molecule has 0 amide bonds. The Bertz CT molecular complexity index is 555. The van der Waals surface area contributed by atoms with Gasteiger partial charge in [0.2, 0.25) is 0 Å². The van der Waals surface area contributed by atoms with Crippen molar-refractivity contribution in [3.05, 3.63) is 69.7 Å². The maximum atomic E-state index is 6.02. The van der Waals surface area contributed by atoms with Crippen LogP contribution in [0.2, 0.25) is 10.0 Å². The summed E-state index contributed by atoms with van der Waals surface area (Å²) >= 11 is 11.9. The van der Waals surface area contributed by atoms with Crippen LogP contribution in [0.25, 0.3) is 0 Å². The fourth-order valence-electron chi connectivity index (χ4n) is 2.29. The average Bonchev–Trinajstić information content (AvgIpc) is 2.42. The molecule has 1 atom stereocenters. The van der Waals surface area contributed by atoms with Gasteiger partial charge in [-0.15, -0.1) is 0 Å². The Hall–Kier alpha value is -1.06. The van der Waals surface area contributed by atoms with Crippen LogP contribution in [0.3, 0.4) is 0 Å². The molecule has 0 saturated carbocycles. The van der Waals surface area contributed by atoms with E-state index in [1.165, 1.54) is 11.1 Å². The van der Waals surface area contributed by atoms with Crippen molar-refractivity contribution in [3.63, 3.8) is 0 Å². The zero-order chi connectivity index (χ0) is 14.5. The smallest absolute Gasteiger partial charge is 0.0470 e. The number of hydrogen-bond acceptors (Lipinski definition) is 2. The van der Waals surface area contributed by atoms with E-state index in [9.17, 15) is 0 Å². The first-order valence-electron chi connectivity index (χ1n) is 6.50. The molecule has 2 N–H and O–H groups in total. The van der Waals surface area contributed by atoms with Crippen LogP contribution in [0.4, 0.5) is 0 Å². The normalized spacial score (nSPS) is 12.7. The average molecular weight is 309 g/mol. The van der Waals surface area contributed by atoms with Gasteiger partial charge in [-0.3, -0.25) is 4.90 Å². The number of hydrogen-bond donors (Lipinski definition) is 1. The molecule has 20 heavy (non-hydrogen) atoms. The molecule has 2 nitrogen and oxygen atoms in total. The largest absolute Gasteiger partial charge is 0.329 e. The monoisotopic (exact) mass is 308 g/mol. The molecule has 106 valence electrons. The SMILES string of the molecule is CN(Cc1cccc(Cl)c1)C(CN)c1ccc(Cl)cc1. The Morgan fingerprint density at radius 1 is 1.05 bits per heavy atom. The van der Waals surface area contributed by atoms with Crippen molar-refractivity contribution < 1.29 is 0 Å². The van der Waals surface area contributed by atoms with Gasteiger partial charge in [-0.25, -0.2) is 0 Å². The Morgan fingerprint density at radius 2 is 1.75 bits per heavy atom. The number of nitrogens with zero attached hydrogens (tertiary/aromatic N) is 1. The molecule has 0 aliphatic rings. The van der Waals surface area contributed by atoms with E-state index in [2.05, 4.69) is 18.0 Å². The summed E-state index contributed by atoms with van der Waals surface area (Å²) in [5.41, 5.74) is 8.27. The molecule has 2 rings (SSSR count). The van der Waals surface area contributed by atoms with Crippen LogP contribution >= 0.6 is 23.2 Å². The van der Waals surface area contributed by atoms with Crippen molar-refractivity contribution >= 4 is 23.2 Å². The van der Waals surface area contributed by atoms with Crippen LogP contribution in [0.5, 0.6) is 0 Å². The summed E-state index contributed by atoms with van der Waals surface area (Å²) in [5.74, 6) is 0. The van der Waals surface area contributed by atoms with Gasteiger partial charge in [-0.1, -0.05) is 47.5 Å². The van der Waals surface area contributed by atoms with Gasteiger partial charge in [0.05, 0.1) is 0 Å². The topological polar surface area (TPSA) is 29.3 Å². The Balaban J connectivity index is 2.13. The first kappa shape index (κ1) is 15.3. The molecule has 0 saturated heterocycles. The lowest BCUT2D eigenvalue weighted by molar-refractivity contribution is 0.242. The first-order chi connectivity index (χ1) is 9.60. The van der Waals surface area contributed by atoms with Crippen molar-refractivity contribution in [2.24, 2.45) is 5.73 Å². The highest BCUT2D eigenvalue weighted by Crippen LogP contribution is 2.22. The van der Waals surface area contributed by atoms with Gasteiger partial charge in [0.1, 0.15) is 0 Å². The minimum absolute atomic E-state index is 0.159. The van der Waals surface area contributed by atoms with E-state index in [-0.39, 0.29) is 6.04 Å². The lowest BCUT2D eigenvalue weighted by Crippen LogP contribution is -2.30. The van der Waals surface area contributed by atoms with E-state index in [1.807, 2.05) is 42.5 Å². The van der Waals surface area contributed by atoms with Crippen LogP contribution in [-0.4, -0.2) is 18.5 Å². The highest BCUT2D eigenvalue weighted by molar-refractivity contribution is 6.30. The van der Waals surface area contributed by atoms with Gasteiger partial charge < -0.3 is 5.73 Å². The van der Waals surface area contributed by atoms with Crippen LogP contribution in [0.15, 0.2) is 48.5 Å². The van der Waals surface area contributed by atoms with E-state index in [4.69, 9.17) is 28.9 Å². The molecule has 0 fully saturated rings. The van der Waals surface area contributed by atoms with Crippen molar-refractivity contribution in [1.29, 1.82) is 0 Å². The lowest BCUT2D eigenvalue weighted by Gasteiger charge is -2.27. The number of benzene rings is 2. The highest BCUT2D eigenvalue weighted by atomic mass is 35.5. The summed E-state index contributed by atoms with van der Waals surface area (Å²) in [7, 11) is 2.06. The highest BCUT2D eigenvalue weighted by Gasteiger charge is 2.15. The Morgan fingerprint density at radius 3 is 2.35 bits per heavy atom. The number of halogens is 2. The molecule has 0 aliphatic carbocycles. The summed E-state index contributed by atoms with van der Waals surface area (Å²) in [6, 6.07) is 15.9. The van der Waals surface area contributed by atoms with Crippen LogP contribution in [0.1, 0.15) is 17.2 Å². The second-order valence-electron chi connectivity index (χ2n) is 4.85. The fraction of sp³-hybridized carbons (Fsp3) is 0.250. The third-order valence-electron chi connectivity index (χ3n) is 3.33. The molecule has 0 radical (unpaired) electrons. The third-order valence-corrected chi connectivity index (χ3v) is 3.82. The third kappa shape index (κ3) is 3.97.